The fourth-order valence-corrected chi connectivity index (χ4v) is 2.49. The summed E-state index contributed by atoms with van der Waals surface area (Å²) in [6, 6.07) is 5.27. The average Bonchev–Trinajstić information content (AvgIpc) is 3.04. The van der Waals surface area contributed by atoms with Crippen LogP contribution in [-0.2, 0) is 0 Å². The predicted octanol–water partition coefficient (Wildman–Crippen LogP) is 2.48. The van der Waals surface area contributed by atoms with E-state index in [1.165, 1.54) is 11.3 Å². The third-order valence-electron chi connectivity index (χ3n) is 2.71. The molecule has 2 rings (SSSR count). The van der Waals surface area contributed by atoms with E-state index in [9.17, 15) is 4.79 Å². The molecular formula is C15H15NO3S. The fourth-order valence-electron chi connectivity index (χ4n) is 1.74. The van der Waals surface area contributed by atoms with Crippen molar-refractivity contribution in [2.45, 2.75) is 19.9 Å². The molecule has 20 heavy (non-hydrogen) atoms. The lowest BCUT2D eigenvalue weighted by molar-refractivity contribution is 0.0939. The zero-order valence-electron chi connectivity index (χ0n) is 11.3. The van der Waals surface area contributed by atoms with Crippen LogP contribution in [0.1, 0.15) is 39.7 Å². The van der Waals surface area contributed by atoms with Crippen LogP contribution in [0.3, 0.4) is 0 Å². The number of thiophene rings is 1. The normalized spacial score (nSPS) is 11.6. The Hall–Kier alpha value is -2.03. The third-order valence-corrected chi connectivity index (χ3v) is 3.62. The first-order chi connectivity index (χ1) is 9.61. The van der Waals surface area contributed by atoms with Gasteiger partial charge in [-0.15, -0.1) is 11.3 Å². The summed E-state index contributed by atoms with van der Waals surface area (Å²) in [4.78, 5) is 12.8. The molecule has 1 atom stereocenters. The second-order valence-electron chi connectivity index (χ2n) is 4.27. The van der Waals surface area contributed by atoms with Crippen molar-refractivity contribution in [1.82, 2.24) is 5.32 Å². The van der Waals surface area contributed by atoms with Gasteiger partial charge in [-0.3, -0.25) is 4.79 Å². The Morgan fingerprint density at radius 2 is 2.30 bits per heavy atom. The number of aliphatic hydroxyl groups is 1. The minimum Gasteiger partial charge on any atom is -0.464 e. The first-order valence-corrected chi connectivity index (χ1v) is 7.04. The molecule has 104 valence electrons. The summed E-state index contributed by atoms with van der Waals surface area (Å²) in [6.45, 7) is 3.50. The molecule has 2 aromatic rings. The number of aliphatic hydroxyl groups excluding tert-OH is 1. The highest BCUT2D eigenvalue weighted by atomic mass is 32.1. The SMILES string of the molecule is Cc1ccc(C(C)NC(=O)c2sccc2C#CCO)o1. The van der Waals surface area contributed by atoms with Crippen LogP contribution in [0.5, 0.6) is 0 Å². The molecule has 2 N–H and O–H groups in total. The first kappa shape index (κ1) is 14.4. The van der Waals surface area contributed by atoms with E-state index < -0.39 is 0 Å². The van der Waals surface area contributed by atoms with Crippen molar-refractivity contribution >= 4 is 17.2 Å². The maximum atomic E-state index is 12.2. The van der Waals surface area contributed by atoms with Gasteiger partial charge in [0.15, 0.2) is 0 Å². The van der Waals surface area contributed by atoms with E-state index in [-0.39, 0.29) is 18.6 Å². The molecule has 0 aromatic carbocycles. The summed E-state index contributed by atoms with van der Waals surface area (Å²) >= 11 is 1.32. The van der Waals surface area contributed by atoms with Crippen molar-refractivity contribution in [2.75, 3.05) is 6.61 Å². The van der Waals surface area contributed by atoms with E-state index in [1.807, 2.05) is 26.0 Å². The second-order valence-corrected chi connectivity index (χ2v) is 5.18. The topological polar surface area (TPSA) is 62.5 Å². The van der Waals surface area contributed by atoms with Crippen LogP contribution in [0.2, 0.25) is 0 Å². The lowest BCUT2D eigenvalue weighted by atomic mass is 10.2. The van der Waals surface area contributed by atoms with Crippen molar-refractivity contribution in [2.24, 2.45) is 0 Å². The van der Waals surface area contributed by atoms with Crippen molar-refractivity contribution in [1.29, 1.82) is 0 Å². The molecule has 0 fully saturated rings. The molecule has 2 aromatic heterocycles. The lowest BCUT2D eigenvalue weighted by Crippen LogP contribution is -2.26. The average molecular weight is 289 g/mol. The highest BCUT2D eigenvalue weighted by Gasteiger charge is 2.17. The van der Waals surface area contributed by atoms with Crippen molar-refractivity contribution < 1.29 is 14.3 Å². The van der Waals surface area contributed by atoms with E-state index in [0.29, 0.717) is 10.4 Å². The number of hydrogen-bond acceptors (Lipinski definition) is 4. The monoisotopic (exact) mass is 289 g/mol. The quantitative estimate of drug-likeness (QED) is 0.853. The van der Waals surface area contributed by atoms with Gasteiger partial charge in [-0.25, -0.2) is 0 Å². The summed E-state index contributed by atoms with van der Waals surface area (Å²) in [5.74, 6) is 6.65. The predicted molar refractivity (Wildman–Crippen MR) is 77.6 cm³/mol. The van der Waals surface area contributed by atoms with Crippen LogP contribution in [0, 0.1) is 18.8 Å². The summed E-state index contributed by atoms with van der Waals surface area (Å²) in [5, 5.41) is 13.4. The van der Waals surface area contributed by atoms with E-state index in [1.54, 1.807) is 11.4 Å². The summed E-state index contributed by atoms with van der Waals surface area (Å²) < 4.78 is 5.49. The second kappa shape index (κ2) is 6.42. The van der Waals surface area contributed by atoms with Gasteiger partial charge in [0.2, 0.25) is 0 Å². The Morgan fingerprint density at radius 1 is 1.50 bits per heavy atom. The molecule has 0 aliphatic heterocycles. The minimum absolute atomic E-state index is 0.191. The third kappa shape index (κ3) is 3.29. The molecule has 5 heteroatoms. The maximum absolute atomic E-state index is 12.2. The molecule has 0 saturated carbocycles. The number of aryl methyl sites for hydroxylation is 1. The van der Waals surface area contributed by atoms with Gasteiger partial charge in [-0.1, -0.05) is 11.8 Å². The molecule has 0 bridgehead atoms. The molecule has 2 heterocycles. The highest BCUT2D eigenvalue weighted by molar-refractivity contribution is 7.12. The number of furan rings is 1. The molecule has 0 radical (unpaired) electrons. The Balaban J connectivity index is 2.10. The number of nitrogens with one attached hydrogen (secondary N) is 1. The Labute approximate surface area is 121 Å². The van der Waals surface area contributed by atoms with Gasteiger partial charge in [0.05, 0.1) is 6.04 Å². The van der Waals surface area contributed by atoms with Gasteiger partial charge in [0.1, 0.15) is 23.0 Å². The van der Waals surface area contributed by atoms with Crippen molar-refractivity contribution in [3.63, 3.8) is 0 Å². The lowest BCUT2D eigenvalue weighted by Gasteiger charge is -2.10. The maximum Gasteiger partial charge on any atom is 0.263 e. The highest BCUT2D eigenvalue weighted by Crippen LogP contribution is 2.19. The van der Waals surface area contributed by atoms with E-state index in [4.69, 9.17) is 9.52 Å². The smallest absolute Gasteiger partial charge is 0.263 e. The Morgan fingerprint density at radius 3 is 2.95 bits per heavy atom. The van der Waals surface area contributed by atoms with Gasteiger partial charge >= 0.3 is 0 Å². The molecule has 0 aliphatic rings. The molecule has 1 unspecified atom stereocenters. The molecule has 1 amide bonds. The van der Waals surface area contributed by atoms with Gasteiger partial charge in [-0.2, -0.15) is 0 Å². The van der Waals surface area contributed by atoms with Gasteiger partial charge in [-0.05, 0) is 37.4 Å². The van der Waals surface area contributed by atoms with Crippen LogP contribution in [0.15, 0.2) is 28.0 Å². The van der Waals surface area contributed by atoms with Crippen molar-refractivity contribution in [3.8, 4) is 11.8 Å². The summed E-state index contributed by atoms with van der Waals surface area (Å²) in [5.41, 5.74) is 0.629. The summed E-state index contributed by atoms with van der Waals surface area (Å²) in [7, 11) is 0. The molecular weight excluding hydrogens is 274 g/mol. The molecule has 0 saturated heterocycles. The minimum atomic E-state index is -0.223. The fraction of sp³-hybridized carbons (Fsp3) is 0.267. The first-order valence-electron chi connectivity index (χ1n) is 6.16. The summed E-state index contributed by atoms with van der Waals surface area (Å²) in [6.07, 6.45) is 0. The van der Waals surface area contributed by atoms with E-state index in [2.05, 4.69) is 17.2 Å². The Kier molecular flexibility index (Phi) is 4.61. The van der Waals surface area contributed by atoms with Crippen LogP contribution in [0.4, 0.5) is 0 Å². The number of hydrogen-bond donors (Lipinski definition) is 2. The number of carbonyl (C=O) groups excluding carboxylic acids is 1. The largest absolute Gasteiger partial charge is 0.464 e. The van der Waals surface area contributed by atoms with Crippen LogP contribution in [0.25, 0.3) is 0 Å². The molecule has 4 nitrogen and oxygen atoms in total. The zero-order chi connectivity index (χ0) is 14.5. The van der Waals surface area contributed by atoms with Gasteiger partial charge in [0, 0.05) is 5.56 Å². The Bertz CT molecular complexity index is 660. The number of amides is 1. The van der Waals surface area contributed by atoms with Gasteiger partial charge < -0.3 is 14.8 Å². The van der Waals surface area contributed by atoms with Crippen LogP contribution in [-0.4, -0.2) is 17.6 Å². The molecule has 0 spiro atoms. The van der Waals surface area contributed by atoms with E-state index >= 15 is 0 Å². The number of carbonyl (C=O) groups is 1. The zero-order valence-corrected chi connectivity index (χ0v) is 12.1. The molecule has 0 aliphatic carbocycles. The van der Waals surface area contributed by atoms with E-state index in [0.717, 1.165) is 11.5 Å². The number of rotatable bonds is 3. The van der Waals surface area contributed by atoms with Gasteiger partial charge in [0.25, 0.3) is 5.91 Å². The van der Waals surface area contributed by atoms with Crippen LogP contribution >= 0.6 is 11.3 Å². The standard InChI is InChI=1S/C15H15NO3S/c1-10-5-6-13(19-10)11(2)16-15(18)14-12(4-3-8-17)7-9-20-14/h5-7,9,11,17H,8H2,1-2H3,(H,16,18). The van der Waals surface area contributed by atoms with Crippen LogP contribution < -0.4 is 5.32 Å². The van der Waals surface area contributed by atoms with Crippen molar-refractivity contribution in [3.05, 3.63) is 45.5 Å².